The summed E-state index contributed by atoms with van der Waals surface area (Å²) in [5, 5.41) is 2.92. The number of rotatable bonds is 9. The van der Waals surface area contributed by atoms with Gasteiger partial charge in [0.05, 0.1) is 18.9 Å². The summed E-state index contributed by atoms with van der Waals surface area (Å²) in [6, 6.07) is 6.56. The monoisotopic (exact) mass is 316 g/mol. The van der Waals surface area contributed by atoms with E-state index in [-0.39, 0.29) is 17.5 Å². The molecule has 0 saturated heterocycles. The number of benzene rings is 1. The lowest BCUT2D eigenvalue weighted by molar-refractivity contribution is 0.119. The topological polar surface area (TPSA) is 67.9 Å². The number of methoxy groups -OCH3 is 2. The lowest BCUT2D eigenvalue weighted by Gasteiger charge is -2.28. The van der Waals surface area contributed by atoms with Gasteiger partial charge in [0, 0.05) is 33.9 Å². The van der Waals surface area contributed by atoms with Crippen molar-refractivity contribution in [2.75, 3.05) is 46.3 Å². The summed E-state index contributed by atoms with van der Waals surface area (Å²) in [5.41, 5.74) is 0.574. The quantitative estimate of drug-likeness (QED) is 0.746. The van der Waals surface area contributed by atoms with E-state index in [2.05, 4.69) is 5.32 Å². The van der Waals surface area contributed by atoms with Gasteiger partial charge in [0.15, 0.2) is 0 Å². The van der Waals surface area contributed by atoms with Crippen molar-refractivity contribution in [3.63, 3.8) is 0 Å². The van der Waals surface area contributed by atoms with Crippen LogP contribution in [0.1, 0.15) is 6.92 Å². The van der Waals surface area contributed by atoms with Crippen LogP contribution in [-0.4, -0.2) is 59.8 Å². The van der Waals surface area contributed by atoms with Crippen LogP contribution in [-0.2, 0) is 19.5 Å². The van der Waals surface area contributed by atoms with Gasteiger partial charge in [-0.05, 0) is 19.1 Å². The number of anilines is 1. The van der Waals surface area contributed by atoms with Crippen molar-refractivity contribution < 1.29 is 17.9 Å². The number of hydrogen-bond acceptors (Lipinski definition) is 5. The highest BCUT2D eigenvalue weighted by atomic mass is 32.2. The lowest BCUT2D eigenvalue weighted by Crippen LogP contribution is -2.43. The Labute approximate surface area is 127 Å². The average Bonchev–Trinajstić information content (AvgIpc) is 2.47. The smallest absolute Gasteiger partial charge is 0.245 e. The zero-order chi connectivity index (χ0) is 15.9. The third kappa shape index (κ3) is 4.41. The molecule has 0 spiro atoms. The van der Waals surface area contributed by atoms with Crippen LogP contribution in [0.4, 0.5) is 5.69 Å². The minimum absolute atomic E-state index is 0.256. The second kappa shape index (κ2) is 8.33. The van der Waals surface area contributed by atoms with Crippen molar-refractivity contribution in [1.29, 1.82) is 0 Å². The molecule has 1 atom stereocenters. The Bertz CT molecular complexity index is 534. The molecule has 0 heterocycles. The zero-order valence-corrected chi connectivity index (χ0v) is 13.8. The van der Waals surface area contributed by atoms with Crippen molar-refractivity contribution in [3.8, 4) is 0 Å². The van der Waals surface area contributed by atoms with E-state index >= 15 is 0 Å². The largest absolute Gasteiger partial charge is 0.387 e. The summed E-state index contributed by atoms with van der Waals surface area (Å²) in [6.45, 7) is 2.75. The maximum Gasteiger partial charge on any atom is 0.245 e. The molecule has 1 aromatic rings. The van der Waals surface area contributed by atoms with Gasteiger partial charge in [-0.3, -0.25) is 0 Å². The van der Waals surface area contributed by atoms with Gasteiger partial charge in [0.2, 0.25) is 10.0 Å². The number of para-hydroxylation sites is 1. The van der Waals surface area contributed by atoms with E-state index < -0.39 is 10.0 Å². The molecule has 0 radical (unpaired) electrons. The highest BCUT2D eigenvalue weighted by Crippen LogP contribution is 2.25. The zero-order valence-electron chi connectivity index (χ0n) is 13.0. The number of nitrogens with zero attached hydrogens (tertiary/aromatic N) is 1. The Morgan fingerprint density at radius 2 is 1.90 bits per heavy atom. The molecule has 1 N–H and O–H groups in total. The molecule has 0 fully saturated rings. The van der Waals surface area contributed by atoms with Gasteiger partial charge >= 0.3 is 0 Å². The second-order valence-electron chi connectivity index (χ2n) is 4.66. The number of nitrogens with one attached hydrogen (secondary N) is 1. The fraction of sp³-hybridized carbons (Fsp3) is 0.571. The standard InChI is InChI=1S/C14H24N2O4S/c1-12(11-20-4)16(9-10-19-3)21(17,18)14-8-6-5-7-13(14)15-2/h5-8,12,15H,9-11H2,1-4H3. The second-order valence-corrected chi connectivity index (χ2v) is 6.52. The molecular weight excluding hydrogens is 292 g/mol. The molecule has 120 valence electrons. The van der Waals surface area contributed by atoms with E-state index in [0.29, 0.717) is 18.9 Å². The summed E-state index contributed by atoms with van der Waals surface area (Å²) in [7, 11) is 1.18. The SMILES string of the molecule is CNc1ccccc1S(=O)(=O)N(CCOC)C(C)COC. The van der Waals surface area contributed by atoms with Crippen LogP contribution >= 0.6 is 0 Å². The van der Waals surface area contributed by atoms with Crippen molar-refractivity contribution >= 4 is 15.7 Å². The van der Waals surface area contributed by atoms with Crippen LogP contribution in [0.5, 0.6) is 0 Å². The molecule has 1 aromatic carbocycles. The summed E-state index contributed by atoms with van der Waals surface area (Å²) in [5.74, 6) is 0. The molecular formula is C14H24N2O4S. The van der Waals surface area contributed by atoms with Gasteiger partial charge in [-0.15, -0.1) is 0 Å². The molecule has 0 bridgehead atoms. The van der Waals surface area contributed by atoms with Gasteiger partial charge in [-0.25, -0.2) is 8.42 Å². The van der Waals surface area contributed by atoms with Crippen LogP contribution in [0, 0.1) is 0 Å². The van der Waals surface area contributed by atoms with Crippen molar-refractivity contribution in [2.24, 2.45) is 0 Å². The Hall–Kier alpha value is -1.15. The molecule has 21 heavy (non-hydrogen) atoms. The van der Waals surface area contributed by atoms with Gasteiger partial charge in [-0.1, -0.05) is 12.1 Å². The van der Waals surface area contributed by atoms with E-state index in [0.717, 1.165) is 0 Å². The van der Waals surface area contributed by atoms with Crippen LogP contribution in [0.3, 0.4) is 0 Å². The molecule has 1 unspecified atom stereocenters. The van der Waals surface area contributed by atoms with E-state index in [1.165, 1.54) is 4.31 Å². The third-order valence-corrected chi connectivity index (χ3v) is 5.23. The first-order valence-corrected chi connectivity index (χ1v) is 8.19. The molecule has 0 aliphatic heterocycles. The normalized spacial score (nSPS) is 13.4. The number of ether oxygens (including phenoxy) is 2. The van der Waals surface area contributed by atoms with Crippen LogP contribution in [0.15, 0.2) is 29.2 Å². The molecule has 7 heteroatoms. The van der Waals surface area contributed by atoms with E-state index in [1.54, 1.807) is 45.5 Å². The van der Waals surface area contributed by atoms with Gasteiger partial charge < -0.3 is 14.8 Å². The first-order valence-electron chi connectivity index (χ1n) is 6.75. The third-order valence-electron chi connectivity index (χ3n) is 3.16. The summed E-state index contributed by atoms with van der Waals surface area (Å²) < 4.78 is 37.3. The van der Waals surface area contributed by atoms with Crippen molar-refractivity contribution in [3.05, 3.63) is 24.3 Å². The fourth-order valence-corrected chi connectivity index (χ4v) is 3.91. The Morgan fingerprint density at radius 1 is 1.24 bits per heavy atom. The number of sulfonamides is 1. The summed E-state index contributed by atoms with van der Waals surface area (Å²) in [4.78, 5) is 0.256. The maximum atomic E-state index is 12.9. The van der Waals surface area contributed by atoms with Gasteiger partial charge in [0.1, 0.15) is 4.90 Å². The fourth-order valence-electron chi connectivity index (χ4n) is 2.11. The lowest BCUT2D eigenvalue weighted by atomic mass is 10.3. The Kier molecular flexibility index (Phi) is 7.10. The van der Waals surface area contributed by atoms with E-state index in [1.807, 2.05) is 6.92 Å². The van der Waals surface area contributed by atoms with Gasteiger partial charge in [-0.2, -0.15) is 4.31 Å². The van der Waals surface area contributed by atoms with Crippen LogP contribution in [0.25, 0.3) is 0 Å². The molecule has 0 amide bonds. The predicted octanol–water partition coefficient (Wildman–Crippen LogP) is 1.40. The average molecular weight is 316 g/mol. The highest BCUT2D eigenvalue weighted by Gasteiger charge is 2.30. The molecule has 0 saturated carbocycles. The molecule has 0 aliphatic carbocycles. The minimum Gasteiger partial charge on any atom is -0.387 e. The van der Waals surface area contributed by atoms with Crippen molar-refractivity contribution in [2.45, 2.75) is 17.9 Å². The van der Waals surface area contributed by atoms with Crippen LogP contribution in [0.2, 0.25) is 0 Å². The van der Waals surface area contributed by atoms with Gasteiger partial charge in [0.25, 0.3) is 0 Å². The first kappa shape index (κ1) is 17.9. The summed E-state index contributed by atoms with van der Waals surface area (Å²) in [6.07, 6.45) is 0. The molecule has 0 aromatic heterocycles. The Balaban J connectivity index is 3.19. The van der Waals surface area contributed by atoms with Crippen molar-refractivity contribution in [1.82, 2.24) is 4.31 Å². The first-order chi connectivity index (χ1) is 9.98. The van der Waals surface area contributed by atoms with Crippen LogP contribution < -0.4 is 5.32 Å². The minimum atomic E-state index is -3.63. The summed E-state index contributed by atoms with van der Waals surface area (Å²) >= 11 is 0. The number of hydrogen-bond donors (Lipinski definition) is 1. The molecule has 0 aliphatic rings. The Morgan fingerprint density at radius 3 is 2.48 bits per heavy atom. The van der Waals surface area contributed by atoms with E-state index in [9.17, 15) is 8.42 Å². The maximum absolute atomic E-state index is 12.9. The molecule has 6 nitrogen and oxygen atoms in total. The van der Waals surface area contributed by atoms with E-state index in [4.69, 9.17) is 9.47 Å². The highest BCUT2D eigenvalue weighted by molar-refractivity contribution is 7.89. The predicted molar refractivity (Wildman–Crippen MR) is 83.1 cm³/mol. The molecule has 1 rings (SSSR count).